The molecule has 4 rings (SSSR count). The number of para-hydroxylation sites is 1. The smallest absolute Gasteiger partial charge is 0.262 e. The molecule has 2 aromatic carbocycles. The molecule has 0 spiro atoms. The normalized spacial score (nSPS) is 11.5. The van der Waals surface area contributed by atoms with Gasteiger partial charge in [0.2, 0.25) is 11.7 Å². The number of anilines is 1. The van der Waals surface area contributed by atoms with Crippen LogP contribution >= 0.6 is 11.8 Å². The molecule has 0 aliphatic rings. The number of nitrogens with zero attached hydrogens (tertiary/aromatic N) is 4. The molecule has 7 nitrogen and oxygen atoms in total. The number of carbonyl (C=O) groups excluding carboxylic acids is 1. The molecule has 0 fully saturated rings. The van der Waals surface area contributed by atoms with Crippen LogP contribution in [0.1, 0.15) is 31.4 Å². The third-order valence-corrected chi connectivity index (χ3v) is 6.18. The van der Waals surface area contributed by atoms with Crippen molar-refractivity contribution < 1.29 is 4.79 Å². The minimum atomic E-state index is -0.116. The van der Waals surface area contributed by atoms with E-state index in [1.165, 1.54) is 11.8 Å². The molecular weight excluding hydrogens is 422 g/mol. The van der Waals surface area contributed by atoms with Gasteiger partial charge in [0.05, 0.1) is 16.7 Å². The van der Waals surface area contributed by atoms with Crippen molar-refractivity contribution in [2.24, 2.45) is 5.92 Å². The summed E-state index contributed by atoms with van der Waals surface area (Å²) >= 11 is 1.31. The molecule has 2 heterocycles. The van der Waals surface area contributed by atoms with Crippen LogP contribution in [0.25, 0.3) is 16.7 Å². The quantitative estimate of drug-likeness (QED) is 0.422. The molecule has 1 amide bonds. The van der Waals surface area contributed by atoms with Crippen LogP contribution in [0.2, 0.25) is 0 Å². The van der Waals surface area contributed by atoms with Gasteiger partial charge in [-0.2, -0.15) is 0 Å². The highest BCUT2D eigenvalue weighted by molar-refractivity contribution is 7.99. The van der Waals surface area contributed by atoms with Crippen molar-refractivity contribution in [1.29, 1.82) is 0 Å². The highest BCUT2D eigenvalue weighted by Gasteiger charge is 2.18. The maximum absolute atomic E-state index is 13.1. The molecule has 0 bridgehead atoms. The largest absolute Gasteiger partial charge is 0.325 e. The summed E-state index contributed by atoms with van der Waals surface area (Å²) in [6.07, 6.45) is 0.863. The molecule has 1 N–H and O–H groups in total. The number of aryl methyl sites for hydroxylation is 3. The summed E-state index contributed by atoms with van der Waals surface area (Å²) in [7, 11) is 0. The van der Waals surface area contributed by atoms with Crippen molar-refractivity contribution in [3.8, 4) is 0 Å². The summed E-state index contributed by atoms with van der Waals surface area (Å²) < 4.78 is 3.57. The SMILES string of the molecule is Cc1cc(C)cc(NC(=O)CSc2nnc3n(CCC(C)C)c(=O)c4ccccc4n23)c1. The van der Waals surface area contributed by atoms with E-state index in [-0.39, 0.29) is 17.2 Å². The summed E-state index contributed by atoms with van der Waals surface area (Å²) in [4.78, 5) is 25.7. The predicted octanol–water partition coefficient (Wildman–Crippen LogP) is 4.44. The van der Waals surface area contributed by atoms with Crippen LogP contribution < -0.4 is 10.9 Å². The molecule has 0 atom stereocenters. The summed E-state index contributed by atoms with van der Waals surface area (Å²) in [6, 6.07) is 13.4. The van der Waals surface area contributed by atoms with E-state index in [1.54, 1.807) is 4.57 Å². The van der Waals surface area contributed by atoms with Crippen LogP contribution in [-0.2, 0) is 11.3 Å². The van der Waals surface area contributed by atoms with Crippen molar-refractivity contribution in [3.05, 3.63) is 63.9 Å². The second kappa shape index (κ2) is 9.16. The van der Waals surface area contributed by atoms with Crippen LogP contribution in [0, 0.1) is 19.8 Å². The van der Waals surface area contributed by atoms with E-state index in [0.717, 1.165) is 28.8 Å². The van der Waals surface area contributed by atoms with Gasteiger partial charge in [0.1, 0.15) is 0 Å². The number of amides is 1. The number of hydrogen-bond donors (Lipinski definition) is 1. The van der Waals surface area contributed by atoms with E-state index < -0.39 is 0 Å². The summed E-state index contributed by atoms with van der Waals surface area (Å²) in [5.41, 5.74) is 3.66. The summed E-state index contributed by atoms with van der Waals surface area (Å²) in [5, 5.41) is 12.8. The van der Waals surface area contributed by atoms with Crippen LogP contribution in [0.5, 0.6) is 0 Å². The molecule has 8 heteroatoms. The Bertz CT molecular complexity index is 1340. The Balaban J connectivity index is 1.64. The highest BCUT2D eigenvalue weighted by Crippen LogP contribution is 2.22. The summed E-state index contributed by atoms with van der Waals surface area (Å²) in [6.45, 7) is 8.83. The van der Waals surface area contributed by atoms with Crippen molar-refractivity contribution in [1.82, 2.24) is 19.2 Å². The fourth-order valence-electron chi connectivity index (χ4n) is 3.79. The zero-order valence-electron chi connectivity index (χ0n) is 18.8. The molecule has 0 radical (unpaired) electrons. The van der Waals surface area contributed by atoms with Gasteiger partial charge in [0.25, 0.3) is 5.56 Å². The van der Waals surface area contributed by atoms with Gasteiger partial charge in [-0.15, -0.1) is 10.2 Å². The number of hydrogen-bond acceptors (Lipinski definition) is 5. The lowest BCUT2D eigenvalue weighted by molar-refractivity contribution is -0.113. The Morgan fingerprint density at radius 1 is 1.09 bits per heavy atom. The Morgan fingerprint density at radius 2 is 1.81 bits per heavy atom. The monoisotopic (exact) mass is 449 g/mol. The molecule has 0 saturated heterocycles. The molecule has 0 unspecified atom stereocenters. The first-order chi connectivity index (χ1) is 15.3. The number of aromatic nitrogens is 4. The standard InChI is InChI=1S/C24H27N5O2S/c1-15(2)9-10-28-22(31)19-7-5-6-8-20(19)29-23(28)26-27-24(29)32-14-21(30)25-18-12-16(3)11-17(4)13-18/h5-8,11-13,15H,9-10,14H2,1-4H3,(H,25,30). The molecule has 2 aromatic heterocycles. The number of nitrogens with one attached hydrogen (secondary N) is 1. The molecular formula is C24H27N5O2S. The average molecular weight is 450 g/mol. The van der Waals surface area contributed by atoms with E-state index in [1.807, 2.05) is 54.6 Å². The molecule has 32 heavy (non-hydrogen) atoms. The van der Waals surface area contributed by atoms with Gasteiger partial charge in [0, 0.05) is 12.2 Å². The van der Waals surface area contributed by atoms with E-state index in [9.17, 15) is 9.59 Å². The third-order valence-electron chi connectivity index (χ3n) is 5.25. The van der Waals surface area contributed by atoms with E-state index >= 15 is 0 Å². The predicted molar refractivity (Wildman–Crippen MR) is 129 cm³/mol. The molecule has 0 saturated carbocycles. The van der Waals surface area contributed by atoms with Crippen molar-refractivity contribution >= 4 is 40.0 Å². The molecule has 4 aromatic rings. The van der Waals surface area contributed by atoms with E-state index in [4.69, 9.17) is 0 Å². The number of thioether (sulfide) groups is 1. The molecule has 0 aliphatic heterocycles. The van der Waals surface area contributed by atoms with Crippen molar-refractivity contribution in [3.63, 3.8) is 0 Å². The van der Waals surface area contributed by atoms with Crippen LogP contribution in [0.4, 0.5) is 5.69 Å². The van der Waals surface area contributed by atoms with Crippen LogP contribution in [0.3, 0.4) is 0 Å². The molecule has 0 aliphatic carbocycles. The second-order valence-corrected chi connectivity index (χ2v) is 9.43. The minimum absolute atomic E-state index is 0.0646. The van der Waals surface area contributed by atoms with Gasteiger partial charge >= 0.3 is 0 Å². The van der Waals surface area contributed by atoms with Crippen molar-refractivity contribution in [2.75, 3.05) is 11.1 Å². The Morgan fingerprint density at radius 3 is 2.53 bits per heavy atom. The third kappa shape index (κ3) is 4.55. The van der Waals surface area contributed by atoms with Gasteiger partial charge in [-0.3, -0.25) is 18.6 Å². The Kier molecular flexibility index (Phi) is 6.32. The fraction of sp³-hybridized carbons (Fsp3) is 0.333. The Hall–Kier alpha value is -3.13. The van der Waals surface area contributed by atoms with Crippen LogP contribution in [0.15, 0.2) is 52.4 Å². The Labute approximate surface area is 190 Å². The van der Waals surface area contributed by atoms with Gasteiger partial charge in [-0.1, -0.05) is 43.8 Å². The number of carbonyl (C=O) groups is 1. The lowest BCUT2D eigenvalue weighted by atomic mass is 10.1. The van der Waals surface area contributed by atoms with Gasteiger partial charge in [-0.25, -0.2) is 0 Å². The van der Waals surface area contributed by atoms with Gasteiger partial charge < -0.3 is 5.32 Å². The second-order valence-electron chi connectivity index (χ2n) is 8.49. The zero-order valence-corrected chi connectivity index (χ0v) is 19.6. The minimum Gasteiger partial charge on any atom is -0.325 e. The number of fused-ring (bicyclic) bond motifs is 3. The fourth-order valence-corrected chi connectivity index (χ4v) is 4.53. The zero-order chi connectivity index (χ0) is 22.8. The first-order valence-electron chi connectivity index (χ1n) is 10.7. The number of benzene rings is 2. The maximum Gasteiger partial charge on any atom is 0.262 e. The lowest BCUT2D eigenvalue weighted by Crippen LogP contribution is -2.24. The topological polar surface area (TPSA) is 81.3 Å². The van der Waals surface area contributed by atoms with E-state index in [2.05, 4.69) is 35.4 Å². The first kappa shape index (κ1) is 22.1. The van der Waals surface area contributed by atoms with Crippen LogP contribution in [-0.4, -0.2) is 30.8 Å². The van der Waals surface area contributed by atoms with Gasteiger partial charge in [-0.05, 0) is 61.6 Å². The van der Waals surface area contributed by atoms with E-state index in [0.29, 0.717) is 28.8 Å². The average Bonchev–Trinajstić information content (AvgIpc) is 3.15. The molecule has 166 valence electrons. The maximum atomic E-state index is 13.1. The summed E-state index contributed by atoms with van der Waals surface area (Å²) in [5.74, 6) is 1.03. The number of rotatable bonds is 7. The van der Waals surface area contributed by atoms with Gasteiger partial charge in [0.15, 0.2) is 5.16 Å². The first-order valence-corrected chi connectivity index (χ1v) is 11.7. The lowest BCUT2D eigenvalue weighted by Gasteiger charge is -2.12. The van der Waals surface area contributed by atoms with Crippen molar-refractivity contribution in [2.45, 2.75) is 45.8 Å². The highest BCUT2D eigenvalue weighted by atomic mass is 32.2.